The summed E-state index contributed by atoms with van der Waals surface area (Å²) in [5.74, 6) is -0.0992. The lowest BCUT2D eigenvalue weighted by atomic mass is 10.2. The van der Waals surface area contributed by atoms with Gasteiger partial charge in [-0.2, -0.15) is 5.10 Å². The highest BCUT2D eigenvalue weighted by molar-refractivity contribution is 7.80. The number of nitrogens with one attached hydrogen (secondary N) is 3. The number of hydrogen-bond acceptors (Lipinski definition) is 4. The Labute approximate surface area is 142 Å². The summed E-state index contributed by atoms with van der Waals surface area (Å²) < 4.78 is 0. The Morgan fingerprint density at radius 1 is 1.18 bits per heavy atom. The zero-order valence-electron chi connectivity index (χ0n) is 11.2. The molecule has 0 aromatic heterocycles. The highest BCUT2D eigenvalue weighted by Gasteiger charge is 2.05. The molecule has 2 aromatic rings. The Morgan fingerprint density at radius 3 is 2.64 bits per heavy atom. The maximum atomic E-state index is 9.77. The zero-order chi connectivity index (χ0) is 15.9. The molecule has 0 fully saturated rings. The van der Waals surface area contributed by atoms with E-state index in [-0.39, 0.29) is 15.9 Å². The molecule has 2 rings (SSSR count). The number of para-hydroxylation sites is 1. The SMILES string of the molecule is Oc1c(Cl)cc(Cl)cc1/C=N\NC(=S)NNc1ccccc1. The Morgan fingerprint density at radius 2 is 1.91 bits per heavy atom. The van der Waals surface area contributed by atoms with Crippen molar-refractivity contribution < 1.29 is 5.11 Å². The van der Waals surface area contributed by atoms with Gasteiger partial charge in [-0.05, 0) is 36.5 Å². The lowest BCUT2D eigenvalue weighted by Gasteiger charge is -2.09. The topological polar surface area (TPSA) is 68.7 Å². The molecule has 114 valence electrons. The minimum Gasteiger partial charge on any atom is -0.506 e. The van der Waals surface area contributed by atoms with Crippen LogP contribution in [0, 0.1) is 0 Å². The molecule has 22 heavy (non-hydrogen) atoms. The molecule has 0 aliphatic carbocycles. The van der Waals surface area contributed by atoms with E-state index in [0.717, 1.165) is 5.69 Å². The first kappa shape index (κ1) is 16.4. The lowest BCUT2D eigenvalue weighted by Crippen LogP contribution is -2.36. The van der Waals surface area contributed by atoms with Crippen LogP contribution in [-0.4, -0.2) is 16.4 Å². The fourth-order valence-electron chi connectivity index (χ4n) is 1.52. The van der Waals surface area contributed by atoms with E-state index in [1.807, 2.05) is 30.3 Å². The van der Waals surface area contributed by atoms with Crippen LogP contribution in [0.4, 0.5) is 5.69 Å². The molecule has 0 aliphatic rings. The molecule has 0 saturated heterocycles. The molecule has 5 nitrogen and oxygen atoms in total. The summed E-state index contributed by atoms with van der Waals surface area (Å²) >= 11 is 16.7. The summed E-state index contributed by atoms with van der Waals surface area (Å²) in [6, 6.07) is 12.4. The molecule has 0 atom stereocenters. The van der Waals surface area contributed by atoms with Gasteiger partial charge >= 0.3 is 0 Å². The molecule has 0 radical (unpaired) electrons. The number of aromatic hydroxyl groups is 1. The highest BCUT2D eigenvalue weighted by atomic mass is 35.5. The number of halogens is 2. The van der Waals surface area contributed by atoms with Gasteiger partial charge in [0.25, 0.3) is 0 Å². The molecule has 0 amide bonds. The highest BCUT2D eigenvalue weighted by Crippen LogP contribution is 2.29. The fraction of sp³-hybridized carbons (Fsp3) is 0. The van der Waals surface area contributed by atoms with E-state index in [4.69, 9.17) is 35.4 Å². The predicted octanol–water partition coefficient (Wildman–Crippen LogP) is 3.52. The number of phenolic OH excluding ortho intramolecular Hbond substituents is 1. The first-order valence-electron chi connectivity index (χ1n) is 6.14. The third-order valence-corrected chi connectivity index (χ3v) is 3.22. The predicted molar refractivity (Wildman–Crippen MR) is 94.7 cm³/mol. The maximum absolute atomic E-state index is 9.77. The molecule has 8 heteroatoms. The van der Waals surface area contributed by atoms with Gasteiger partial charge in [0.05, 0.1) is 16.9 Å². The van der Waals surface area contributed by atoms with Crippen molar-refractivity contribution in [2.24, 2.45) is 5.10 Å². The zero-order valence-corrected chi connectivity index (χ0v) is 13.5. The molecule has 0 unspecified atom stereocenters. The first-order chi connectivity index (χ1) is 10.6. The van der Waals surface area contributed by atoms with E-state index in [1.165, 1.54) is 18.3 Å². The van der Waals surface area contributed by atoms with E-state index in [0.29, 0.717) is 10.6 Å². The van der Waals surface area contributed by atoms with Gasteiger partial charge in [-0.1, -0.05) is 41.4 Å². The van der Waals surface area contributed by atoms with Gasteiger partial charge in [0.15, 0.2) is 0 Å². The normalized spacial score (nSPS) is 10.5. The summed E-state index contributed by atoms with van der Waals surface area (Å²) in [4.78, 5) is 0. The van der Waals surface area contributed by atoms with E-state index in [2.05, 4.69) is 21.4 Å². The van der Waals surface area contributed by atoms with Crippen molar-refractivity contribution in [1.29, 1.82) is 0 Å². The molecule has 0 bridgehead atoms. The van der Waals surface area contributed by atoms with Crippen LogP contribution in [0.3, 0.4) is 0 Å². The largest absolute Gasteiger partial charge is 0.506 e. The summed E-state index contributed by atoms with van der Waals surface area (Å²) in [5, 5.41) is 14.5. The number of anilines is 1. The fourth-order valence-corrected chi connectivity index (χ4v) is 2.14. The van der Waals surface area contributed by atoms with Crippen molar-refractivity contribution in [3.05, 3.63) is 58.1 Å². The average molecular weight is 355 g/mol. The second-order valence-corrected chi connectivity index (χ2v) is 5.39. The Balaban J connectivity index is 1.88. The standard InChI is InChI=1S/C14H12Cl2N4OS/c15-10-6-9(13(21)12(16)7-10)8-17-19-14(22)20-18-11-4-2-1-3-5-11/h1-8,18,21H,(H2,19,20,22)/b17-8-. The lowest BCUT2D eigenvalue weighted by molar-refractivity contribution is 0.474. The van der Waals surface area contributed by atoms with Gasteiger partial charge in [-0.15, -0.1) is 0 Å². The number of hydrazone groups is 1. The first-order valence-corrected chi connectivity index (χ1v) is 7.31. The van der Waals surface area contributed by atoms with Crippen LogP contribution in [0.5, 0.6) is 5.75 Å². The van der Waals surface area contributed by atoms with Crippen LogP contribution < -0.4 is 16.3 Å². The monoisotopic (exact) mass is 354 g/mol. The van der Waals surface area contributed by atoms with Crippen molar-refractivity contribution in [1.82, 2.24) is 10.9 Å². The van der Waals surface area contributed by atoms with Crippen molar-refractivity contribution >= 4 is 52.4 Å². The van der Waals surface area contributed by atoms with Gasteiger partial charge in [-0.3, -0.25) is 16.3 Å². The number of rotatable bonds is 4. The van der Waals surface area contributed by atoms with Gasteiger partial charge < -0.3 is 5.11 Å². The summed E-state index contributed by atoms with van der Waals surface area (Å²) in [7, 11) is 0. The van der Waals surface area contributed by atoms with E-state index < -0.39 is 0 Å². The second-order valence-electron chi connectivity index (χ2n) is 4.14. The quantitative estimate of drug-likeness (QED) is 0.384. The Bertz CT molecular complexity index is 695. The van der Waals surface area contributed by atoms with Crippen LogP contribution in [-0.2, 0) is 0 Å². The van der Waals surface area contributed by atoms with Crippen LogP contribution >= 0.6 is 35.4 Å². The third kappa shape index (κ3) is 4.77. The van der Waals surface area contributed by atoms with Crippen LogP contribution in [0.2, 0.25) is 10.0 Å². The third-order valence-electron chi connectivity index (χ3n) is 2.52. The van der Waals surface area contributed by atoms with Crippen LogP contribution in [0.15, 0.2) is 47.6 Å². The molecule has 0 spiro atoms. The summed E-state index contributed by atoms with van der Waals surface area (Å²) in [5.41, 5.74) is 9.50. The van der Waals surface area contributed by atoms with Crippen molar-refractivity contribution in [3.63, 3.8) is 0 Å². The molecule has 4 N–H and O–H groups in total. The number of thiocarbonyl (C=S) groups is 1. The number of nitrogens with zero attached hydrogens (tertiary/aromatic N) is 1. The minimum absolute atomic E-state index is 0.0992. The Kier molecular flexibility index (Phi) is 5.83. The van der Waals surface area contributed by atoms with Crippen LogP contribution in [0.25, 0.3) is 0 Å². The minimum atomic E-state index is -0.0992. The van der Waals surface area contributed by atoms with Gasteiger partial charge in [0.2, 0.25) is 5.11 Å². The van der Waals surface area contributed by atoms with Crippen molar-refractivity contribution in [3.8, 4) is 5.75 Å². The molecule has 0 aliphatic heterocycles. The Hall–Kier alpha value is -2.02. The number of hydrogen-bond donors (Lipinski definition) is 4. The number of benzene rings is 2. The number of phenols is 1. The maximum Gasteiger partial charge on any atom is 0.205 e. The average Bonchev–Trinajstić information content (AvgIpc) is 2.51. The van der Waals surface area contributed by atoms with Crippen molar-refractivity contribution in [2.75, 3.05) is 5.43 Å². The summed E-state index contributed by atoms with van der Waals surface area (Å²) in [6.07, 6.45) is 1.36. The smallest absolute Gasteiger partial charge is 0.205 e. The number of hydrazine groups is 1. The van der Waals surface area contributed by atoms with E-state index in [1.54, 1.807) is 0 Å². The van der Waals surface area contributed by atoms with Gasteiger partial charge in [0.1, 0.15) is 5.75 Å². The molecular formula is C14H12Cl2N4OS. The van der Waals surface area contributed by atoms with Crippen LogP contribution in [0.1, 0.15) is 5.56 Å². The summed E-state index contributed by atoms with van der Waals surface area (Å²) in [6.45, 7) is 0. The molecule has 0 heterocycles. The molecule has 0 saturated carbocycles. The van der Waals surface area contributed by atoms with Gasteiger partial charge in [-0.25, -0.2) is 0 Å². The molecule has 2 aromatic carbocycles. The van der Waals surface area contributed by atoms with Gasteiger partial charge in [0, 0.05) is 10.6 Å². The molecular weight excluding hydrogens is 343 g/mol. The van der Waals surface area contributed by atoms with E-state index >= 15 is 0 Å². The van der Waals surface area contributed by atoms with E-state index in [9.17, 15) is 5.11 Å². The van der Waals surface area contributed by atoms with Crippen molar-refractivity contribution in [2.45, 2.75) is 0 Å². The second kappa shape index (κ2) is 7.84.